The first-order valence-corrected chi connectivity index (χ1v) is 0. The Bertz CT molecular complexity index is 3.90. The molecular weight excluding hydrogens is 276 g/mol. The molecule has 0 aromatic heterocycles. The first kappa shape index (κ1) is 1220. The molecule has 0 rings (SSSR count). The predicted molar refractivity (Wildman–Crippen MR) is 0 cm³/mol. The molecule has 0 saturated carbocycles. The van der Waals surface area contributed by atoms with Crippen molar-refractivity contribution < 1.29 is 45.9 Å². The molecule has 0 fully saturated rings. The van der Waals surface area contributed by atoms with E-state index in [2.05, 4.69) is 0 Å². The van der Waals surface area contributed by atoms with E-state index in [9.17, 15) is 0 Å². The van der Waals surface area contributed by atoms with Gasteiger partial charge in [-0.2, -0.15) is 0 Å². The monoisotopic (exact) mass is 276 g/mol. The fraction of sp³-hybridized carbons (Fsp3) is 0. The zero-order chi connectivity index (χ0) is 0. The molecule has 0 unspecified atom stereocenters. The minimum Gasteiger partial charge on any atom is -1.00 e. The summed E-state index contributed by atoms with van der Waals surface area (Å²) < 4.78 is 0. The van der Waals surface area contributed by atoms with Crippen molar-refractivity contribution in [1.29, 1.82) is 0 Å². The van der Waals surface area contributed by atoms with Gasteiger partial charge in [-0.15, -0.1) is 0 Å². The molecule has 0 atom stereocenters. The smallest absolute Gasteiger partial charge is 1.00 e. The van der Waals surface area contributed by atoms with Crippen molar-refractivity contribution in [1.82, 2.24) is 0 Å². The minimum atomic E-state index is 0. The Morgan fingerprint density at radius 3 is 0.333 bits per heavy atom. The maximum absolute atomic E-state index is 0. The van der Waals surface area contributed by atoms with Crippen molar-refractivity contribution in [3.63, 3.8) is 0 Å². The van der Waals surface area contributed by atoms with Gasteiger partial charge < -0.3 is 23.5 Å². The van der Waals surface area contributed by atoms with Crippen LogP contribution in [0.15, 0.2) is 0 Å². The predicted octanol–water partition coefficient (Wildman–Crippen LogP) is -15.0. The van der Waals surface area contributed by atoms with Crippen molar-refractivity contribution in [3.05, 3.63) is 0 Å². The molecule has 0 radical (unpaired) electrons. The summed E-state index contributed by atoms with van der Waals surface area (Å²) in [6.45, 7) is 0. The summed E-state index contributed by atoms with van der Waals surface area (Å²) >= 11 is 0. The number of hydrogen-bond donors (Lipinski definition) is 0. The summed E-state index contributed by atoms with van der Waals surface area (Å²) in [4.78, 5) is 0. The molecule has 6 heteroatoms. The van der Waals surface area contributed by atoms with E-state index < -0.39 is 0 Å². The van der Waals surface area contributed by atoms with E-state index in [1.54, 1.807) is 0 Å². The Morgan fingerprint density at radius 2 is 0.333 bits per heavy atom. The quantitative estimate of drug-likeness (QED) is 0.385. The van der Waals surface area contributed by atoms with Crippen LogP contribution in [0.2, 0.25) is 0 Å². The third-order valence-corrected chi connectivity index (χ3v) is 0. The SMILES string of the molecule is [F-].[F-].[F-].[F-].[F-].[Ta+5]. The average molecular weight is 276 g/mol. The van der Waals surface area contributed by atoms with Crippen molar-refractivity contribution in [2.24, 2.45) is 0 Å². The van der Waals surface area contributed by atoms with Crippen LogP contribution in [0.3, 0.4) is 0 Å². The van der Waals surface area contributed by atoms with Crippen LogP contribution in [0, 0.1) is 0 Å². The van der Waals surface area contributed by atoms with E-state index in [0.29, 0.717) is 0 Å². The van der Waals surface area contributed by atoms with Gasteiger partial charge in [-0.3, -0.25) is 0 Å². The molecule has 0 aliphatic rings. The summed E-state index contributed by atoms with van der Waals surface area (Å²) in [7, 11) is 0. The summed E-state index contributed by atoms with van der Waals surface area (Å²) in [5.74, 6) is 0. The van der Waals surface area contributed by atoms with Crippen molar-refractivity contribution in [2.75, 3.05) is 0 Å². The maximum atomic E-state index is 0. The molecule has 0 nitrogen and oxygen atoms in total. The molecule has 0 aromatic carbocycles. The van der Waals surface area contributed by atoms with Crippen molar-refractivity contribution in [3.8, 4) is 0 Å². The first-order valence-electron chi connectivity index (χ1n) is 0. The van der Waals surface area contributed by atoms with Gasteiger partial charge in [0, 0.05) is 0 Å². The second-order valence-corrected chi connectivity index (χ2v) is 0. The van der Waals surface area contributed by atoms with Crippen LogP contribution in [-0.2, 0) is 22.4 Å². The largest absolute Gasteiger partial charge is 5.00 e. The molecule has 0 amide bonds. The van der Waals surface area contributed by atoms with Gasteiger partial charge >= 0.3 is 22.4 Å². The average Bonchev–Trinajstić information content (AvgIpc) is 0. The Kier molecular flexibility index (Phi) is 139000. The van der Waals surface area contributed by atoms with E-state index in [1.807, 2.05) is 0 Å². The van der Waals surface area contributed by atoms with E-state index in [4.69, 9.17) is 0 Å². The first-order chi connectivity index (χ1) is 0. The van der Waals surface area contributed by atoms with Crippen molar-refractivity contribution >= 4 is 0 Å². The van der Waals surface area contributed by atoms with E-state index >= 15 is 0 Å². The minimum absolute atomic E-state index is 0. The molecule has 6 heavy (non-hydrogen) atoms. The third kappa shape index (κ3) is 331. The van der Waals surface area contributed by atoms with Crippen molar-refractivity contribution in [2.45, 2.75) is 0 Å². The second kappa shape index (κ2) is 682. The summed E-state index contributed by atoms with van der Waals surface area (Å²) in [5.41, 5.74) is 0. The second-order valence-electron chi connectivity index (χ2n) is 0. The molecule has 0 bridgehead atoms. The standard InChI is InChI=1S/5FH.Ta/h5*1H;/q;;;;;+5/p-5. The van der Waals surface area contributed by atoms with Gasteiger partial charge in [0.05, 0.1) is 0 Å². The molecule has 0 N–H and O–H groups in total. The number of hydrogen-bond acceptors (Lipinski definition) is 0. The zero-order valence-corrected chi connectivity index (χ0v) is 5.55. The molecule has 0 aliphatic carbocycles. The Balaban J connectivity index is 0. The van der Waals surface area contributed by atoms with Crippen LogP contribution < -0.4 is 23.5 Å². The third-order valence-electron chi connectivity index (χ3n) is 0. The number of halogens is 5. The normalized spacial score (nSPS) is 0. The zero-order valence-electron chi connectivity index (χ0n) is 2.34. The fourth-order valence-corrected chi connectivity index (χ4v) is 0. The maximum Gasteiger partial charge on any atom is 5.00 e. The molecule has 0 aromatic rings. The summed E-state index contributed by atoms with van der Waals surface area (Å²) in [6.07, 6.45) is 0. The molecule has 0 heterocycles. The summed E-state index contributed by atoms with van der Waals surface area (Å²) in [6, 6.07) is 0. The van der Waals surface area contributed by atoms with Crippen LogP contribution in [-0.4, -0.2) is 0 Å². The Morgan fingerprint density at radius 1 is 0.333 bits per heavy atom. The van der Waals surface area contributed by atoms with Crippen LogP contribution in [0.5, 0.6) is 0 Å². The Labute approximate surface area is 46.6 Å². The fourth-order valence-electron chi connectivity index (χ4n) is 0. The van der Waals surface area contributed by atoms with Crippen LogP contribution in [0.4, 0.5) is 0 Å². The molecule has 0 spiro atoms. The molecule has 0 aliphatic heterocycles. The molecule has 0 saturated heterocycles. The van der Waals surface area contributed by atoms with Gasteiger partial charge in [0.15, 0.2) is 0 Å². The van der Waals surface area contributed by atoms with Crippen LogP contribution >= 0.6 is 0 Å². The van der Waals surface area contributed by atoms with Gasteiger partial charge in [-0.1, -0.05) is 0 Å². The Hall–Kier alpha value is 0.390. The van der Waals surface area contributed by atoms with Gasteiger partial charge in [0.2, 0.25) is 0 Å². The van der Waals surface area contributed by atoms with Crippen LogP contribution in [0.25, 0.3) is 0 Å². The van der Waals surface area contributed by atoms with Gasteiger partial charge in [0.1, 0.15) is 0 Å². The van der Waals surface area contributed by atoms with Gasteiger partial charge in [-0.05, 0) is 0 Å². The molecule has 40 valence electrons. The molecular formula is F5Ta. The van der Waals surface area contributed by atoms with Gasteiger partial charge in [0.25, 0.3) is 0 Å². The number of rotatable bonds is 0. The summed E-state index contributed by atoms with van der Waals surface area (Å²) in [5, 5.41) is 0. The van der Waals surface area contributed by atoms with E-state index in [1.165, 1.54) is 0 Å². The van der Waals surface area contributed by atoms with Gasteiger partial charge in [-0.25, -0.2) is 0 Å². The topological polar surface area (TPSA) is 0 Å². The van der Waals surface area contributed by atoms with Crippen LogP contribution in [0.1, 0.15) is 0 Å². The van der Waals surface area contributed by atoms with E-state index in [-0.39, 0.29) is 45.9 Å². The van der Waals surface area contributed by atoms with E-state index in [0.717, 1.165) is 0 Å².